The van der Waals surface area contributed by atoms with Crippen molar-refractivity contribution in [3.05, 3.63) is 0 Å². The van der Waals surface area contributed by atoms with Crippen LogP contribution >= 0.6 is 0 Å². The highest BCUT2D eigenvalue weighted by Gasteiger charge is 2.30. The molecule has 0 aromatic rings. The second-order valence-corrected chi connectivity index (χ2v) is 5.30. The molecule has 0 amide bonds. The van der Waals surface area contributed by atoms with Crippen LogP contribution in [-0.4, -0.2) is 30.8 Å². The molecule has 4 N–H and O–H groups in total. The number of nitrogens with zero attached hydrogens (tertiary/aromatic N) is 1. The molecule has 0 saturated heterocycles. The van der Waals surface area contributed by atoms with Crippen LogP contribution in [0.5, 0.6) is 0 Å². The van der Waals surface area contributed by atoms with Gasteiger partial charge in [0.25, 0.3) is 0 Å². The van der Waals surface area contributed by atoms with Gasteiger partial charge in [-0.3, -0.25) is 5.43 Å². The largest absolute Gasteiger partial charge is 0.378 e. The molecule has 0 spiro atoms. The molecule has 0 aromatic carbocycles. The number of nitrogens with two attached hydrogens (primary N) is 1. The van der Waals surface area contributed by atoms with Gasteiger partial charge in [-0.2, -0.15) is 0 Å². The fourth-order valence-electron chi connectivity index (χ4n) is 2.76. The predicted molar refractivity (Wildman–Crippen MR) is 73.2 cm³/mol. The molecule has 2 aliphatic carbocycles. The van der Waals surface area contributed by atoms with Crippen LogP contribution in [0.1, 0.15) is 51.9 Å². The second kappa shape index (κ2) is 6.95. The third kappa shape index (κ3) is 3.85. The van der Waals surface area contributed by atoms with Crippen LogP contribution in [0, 0.1) is 0 Å². The van der Waals surface area contributed by atoms with E-state index in [0.29, 0.717) is 18.2 Å². The average molecular weight is 254 g/mol. The summed E-state index contributed by atoms with van der Waals surface area (Å²) < 4.78 is 5.54. The molecule has 0 atom stereocenters. The van der Waals surface area contributed by atoms with Crippen LogP contribution < -0.4 is 16.6 Å². The Bertz CT molecular complexity index is 270. The lowest BCUT2D eigenvalue weighted by molar-refractivity contribution is -0.00581. The van der Waals surface area contributed by atoms with Crippen molar-refractivity contribution in [2.24, 2.45) is 10.8 Å². The first-order chi connectivity index (χ1) is 8.81. The molecule has 0 aromatic heterocycles. The van der Waals surface area contributed by atoms with E-state index < -0.39 is 0 Å². The lowest BCUT2D eigenvalue weighted by Gasteiger charge is -2.36. The summed E-state index contributed by atoms with van der Waals surface area (Å²) in [7, 11) is 0. The Morgan fingerprint density at radius 1 is 1.28 bits per heavy atom. The van der Waals surface area contributed by atoms with Gasteiger partial charge in [0.1, 0.15) is 0 Å². The SMILES string of the molecule is CCOC1CC(NC(=NC2CCCCC2)NN)C1. The first kappa shape index (κ1) is 13.6. The lowest BCUT2D eigenvalue weighted by Crippen LogP contribution is -2.53. The van der Waals surface area contributed by atoms with Crippen LogP contribution in [0.3, 0.4) is 0 Å². The maximum absolute atomic E-state index is 5.54. The predicted octanol–water partition coefficient (Wildman–Crippen LogP) is 1.30. The van der Waals surface area contributed by atoms with Crippen LogP contribution in [0.4, 0.5) is 0 Å². The van der Waals surface area contributed by atoms with Gasteiger partial charge in [-0.05, 0) is 32.6 Å². The molecule has 5 heteroatoms. The number of hydrogen-bond acceptors (Lipinski definition) is 3. The smallest absolute Gasteiger partial charge is 0.206 e. The van der Waals surface area contributed by atoms with Crippen molar-refractivity contribution in [3.63, 3.8) is 0 Å². The highest BCUT2D eigenvalue weighted by molar-refractivity contribution is 5.79. The van der Waals surface area contributed by atoms with Crippen molar-refractivity contribution >= 4 is 5.96 Å². The number of nitrogens with one attached hydrogen (secondary N) is 2. The van der Waals surface area contributed by atoms with E-state index in [1.54, 1.807) is 0 Å². The van der Waals surface area contributed by atoms with Gasteiger partial charge < -0.3 is 10.1 Å². The van der Waals surface area contributed by atoms with Gasteiger partial charge in [0.2, 0.25) is 5.96 Å². The van der Waals surface area contributed by atoms with Crippen LogP contribution in [0.25, 0.3) is 0 Å². The van der Waals surface area contributed by atoms with Crippen molar-refractivity contribution < 1.29 is 4.74 Å². The van der Waals surface area contributed by atoms with Gasteiger partial charge in [0.15, 0.2) is 0 Å². The summed E-state index contributed by atoms with van der Waals surface area (Å²) in [5.74, 6) is 6.29. The molecule has 2 saturated carbocycles. The first-order valence-electron chi connectivity index (χ1n) is 7.24. The molecular formula is C13H26N4O. The minimum absolute atomic E-state index is 0.418. The monoisotopic (exact) mass is 254 g/mol. The van der Waals surface area contributed by atoms with E-state index in [1.807, 2.05) is 6.92 Å². The van der Waals surface area contributed by atoms with E-state index in [0.717, 1.165) is 25.4 Å². The molecule has 2 aliphatic rings. The summed E-state index contributed by atoms with van der Waals surface area (Å²) in [4.78, 5) is 4.68. The Kier molecular flexibility index (Phi) is 5.26. The molecule has 5 nitrogen and oxygen atoms in total. The fourth-order valence-corrected chi connectivity index (χ4v) is 2.76. The quantitative estimate of drug-likeness (QED) is 0.306. The van der Waals surface area contributed by atoms with Crippen molar-refractivity contribution in [1.29, 1.82) is 0 Å². The summed E-state index contributed by atoms with van der Waals surface area (Å²) in [5, 5.41) is 3.37. The van der Waals surface area contributed by atoms with Gasteiger partial charge in [-0.25, -0.2) is 10.8 Å². The van der Waals surface area contributed by atoms with Crippen LogP contribution in [0.15, 0.2) is 4.99 Å². The molecule has 2 fully saturated rings. The summed E-state index contributed by atoms with van der Waals surface area (Å²) in [6.07, 6.45) is 8.85. The fraction of sp³-hybridized carbons (Fsp3) is 0.923. The van der Waals surface area contributed by atoms with Gasteiger partial charge in [-0.1, -0.05) is 19.3 Å². The molecule has 0 heterocycles. The summed E-state index contributed by atoms with van der Waals surface area (Å²) in [6, 6.07) is 0.903. The lowest BCUT2D eigenvalue weighted by atomic mass is 9.89. The minimum Gasteiger partial charge on any atom is -0.378 e. The molecular weight excluding hydrogens is 228 g/mol. The maximum Gasteiger partial charge on any atom is 0.206 e. The molecule has 0 aliphatic heterocycles. The van der Waals surface area contributed by atoms with E-state index in [2.05, 4.69) is 15.7 Å². The number of hydrazine groups is 1. The average Bonchev–Trinajstić information content (AvgIpc) is 2.36. The van der Waals surface area contributed by atoms with Gasteiger partial charge in [0, 0.05) is 12.6 Å². The molecule has 2 rings (SSSR count). The van der Waals surface area contributed by atoms with E-state index in [4.69, 9.17) is 10.6 Å². The first-order valence-corrected chi connectivity index (χ1v) is 7.24. The Hall–Kier alpha value is -0.810. The Morgan fingerprint density at radius 2 is 2.00 bits per heavy atom. The standard InChI is InChI=1S/C13H26N4O/c1-2-18-12-8-11(9-12)16-13(17-14)15-10-6-4-3-5-7-10/h10-12H,2-9,14H2,1H3,(H2,15,16,17). The zero-order valence-electron chi connectivity index (χ0n) is 11.3. The maximum atomic E-state index is 5.54. The highest BCUT2D eigenvalue weighted by atomic mass is 16.5. The second-order valence-electron chi connectivity index (χ2n) is 5.30. The third-order valence-corrected chi connectivity index (χ3v) is 3.86. The Morgan fingerprint density at radius 3 is 2.61 bits per heavy atom. The Balaban J connectivity index is 1.73. The Labute approximate surface area is 110 Å². The highest BCUT2D eigenvalue weighted by Crippen LogP contribution is 2.23. The zero-order chi connectivity index (χ0) is 12.8. The van der Waals surface area contributed by atoms with E-state index in [9.17, 15) is 0 Å². The molecule has 0 bridgehead atoms. The van der Waals surface area contributed by atoms with Crippen molar-refractivity contribution in [2.45, 2.75) is 70.1 Å². The van der Waals surface area contributed by atoms with E-state index >= 15 is 0 Å². The van der Waals surface area contributed by atoms with Crippen LogP contribution in [-0.2, 0) is 4.74 Å². The van der Waals surface area contributed by atoms with Crippen molar-refractivity contribution in [1.82, 2.24) is 10.7 Å². The van der Waals surface area contributed by atoms with Gasteiger partial charge >= 0.3 is 0 Å². The summed E-state index contributed by atoms with van der Waals surface area (Å²) >= 11 is 0. The molecule has 0 unspecified atom stereocenters. The summed E-state index contributed by atoms with van der Waals surface area (Å²) in [5.41, 5.74) is 2.69. The summed E-state index contributed by atoms with van der Waals surface area (Å²) in [6.45, 7) is 2.84. The number of aliphatic imine (C=N–C) groups is 1. The normalized spacial score (nSPS) is 29.8. The minimum atomic E-state index is 0.418. The topological polar surface area (TPSA) is 71.7 Å². The van der Waals surface area contributed by atoms with Gasteiger partial charge in [-0.15, -0.1) is 0 Å². The number of rotatable bonds is 4. The number of ether oxygens (including phenoxy) is 1. The molecule has 0 radical (unpaired) electrons. The van der Waals surface area contributed by atoms with Crippen LogP contribution in [0.2, 0.25) is 0 Å². The van der Waals surface area contributed by atoms with Crippen molar-refractivity contribution in [3.8, 4) is 0 Å². The number of guanidine groups is 1. The third-order valence-electron chi connectivity index (χ3n) is 3.86. The van der Waals surface area contributed by atoms with Gasteiger partial charge in [0.05, 0.1) is 12.1 Å². The van der Waals surface area contributed by atoms with Crippen molar-refractivity contribution in [2.75, 3.05) is 6.61 Å². The molecule has 104 valence electrons. The molecule has 18 heavy (non-hydrogen) atoms. The zero-order valence-corrected chi connectivity index (χ0v) is 11.3. The van der Waals surface area contributed by atoms with E-state index in [1.165, 1.54) is 32.1 Å². The van der Waals surface area contributed by atoms with E-state index in [-0.39, 0.29) is 0 Å². The number of hydrogen-bond donors (Lipinski definition) is 3.